The fourth-order valence-electron chi connectivity index (χ4n) is 2.18. The van der Waals surface area contributed by atoms with E-state index in [0.29, 0.717) is 18.1 Å². The van der Waals surface area contributed by atoms with Crippen molar-refractivity contribution in [1.82, 2.24) is 9.97 Å². The number of carbonyl (C=O) groups is 1. The lowest BCUT2D eigenvalue weighted by Gasteiger charge is -1.97. The molecule has 4 nitrogen and oxygen atoms in total. The Morgan fingerprint density at radius 1 is 1.16 bits per heavy atom. The maximum atomic E-state index is 11.0. The number of rotatable bonds is 4. The normalized spacial score (nSPS) is 10.8. The van der Waals surface area contributed by atoms with Crippen molar-refractivity contribution in [3.8, 4) is 17.1 Å². The van der Waals surface area contributed by atoms with Crippen molar-refractivity contribution in [3.63, 3.8) is 0 Å². The van der Waals surface area contributed by atoms with Crippen LogP contribution < -0.4 is 4.74 Å². The number of nitrogens with one attached hydrogen (secondary N) is 2. The molecular formula is C15H14N2O2. The Hall–Kier alpha value is -2.49. The first-order valence-corrected chi connectivity index (χ1v) is 6.21. The van der Waals surface area contributed by atoms with Crippen LogP contribution in [0.4, 0.5) is 0 Å². The Labute approximate surface area is 110 Å². The quantitative estimate of drug-likeness (QED) is 0.701. The summed E-state index contributed by atoms with van der Waals surface area (Å²) in [5, 5.41) is 1.14. The van der Waals surface area contributed by atoms with Gasteiger partial charge in [-0.15, -0.1) is 0 Å². The second-order valence-electron chi connectivity index (χ2n) is 4.28. The van der Waals surface area contributed by atoms with E-state index in [0.717, 1.165) is 28.6 Å². The second kappa shape index (κ2) is 4.65. The number of H-pyrrole nitrogens is 2. The summed E-state index contributed by atoms with van der Waals surface area (Å²) in [5.74, 6) is 0.589. The van der Waals surface area contributed by atoms with Crippen molar-refractivity contribution >= 4 is 17.2 Å². The summed E-state index contributed by atoms with van der Waals surface area (Å²) in [6.45, 7) is 2.43. The average Bonchev–Trinajstić information content (AvgIpc) is 3.02. The molecule has 0 atom stereocenters. The smallest absolute Gasteiger partial charge is 0.170 e. The van der Waals surface area contributed by atoms with Crippen molar-refractivity contribution in [2.75, 3.05) is 6.61 Å². The van der Waals surface area contributed by atoms with E-state index in [2.05, 4.69) is 9.97 Å². The van der Waals surface area contributed by atoms with Gasteiger partial charge in [-0.25, -0.2) is 0 Å². The SMILES string of the molecule is CCOc1cc(-c2cc3ccccc3[nH]2)[nH]c1C=O. The zero-order valence-corrected chi connectivity index (χ0v) is 10.6. The highest BCUT2D eigenvalue weighted by Gasteiger charge is 2.11. The highest BCUT2D eigenvalue weighted by molar-refractivity contribution is 5.87. The van der Waals surface area contributed by atoms with Gasteiger partial charge in [-0.3, -0.25) is 4.79 Å². The van der Waals surface area contributed by atoms with Gasteiger partial charge in [0.15, 0.2) is 6.29 Å². The van der Waals surface area contributed by atoms with Gasteiger partial charge >= 0.3 is 0 Å². The Balaban J connectivity index is 2.07. The van der Waals surface area contributed by atoms with Crippen molar-refractivity contribution < 1.29 is 9.53 Å². The molecule has 19 heavy (non-hydrogen) atoms. The van der Waals surface area contributed by atoms with Crippen molar-refractivity contribution in [2.24, 2.45) is 0 Å². The molecule has 3 aromatic rings. The molecule has 2 aromatic heterocycles. The van der Waals surface area contributed by atoms with Gasteiger partial charge < -0.3 is 14.7 Å². The molecule has 0 unspecified atom stereocenters. The summed E-state index contributed by atoms with van der Waals surface area (Å²) < 4.78 is 5.43. The maximum Gasteiger partial charge on any atom is 0.170 e. The molecule has 0 aliphatic heterocycles. The first-order valence-electron chi connectivity index (χ1n) is 6.21. The molecule has 0 saturated heterocycles. The fourth-order valence-corrected chi connectivity index (χ4v) is 2.18. The number of hydrogen-bond acceptors (Lipinski definition) is 2. The minimum absolute atomic E-state index is 0.468. The highest BCUT2D eigenvalue weighted by atomic mass is 16.5. The minimum Gasteiger partial charge on any atom is -0.491 e. The van der Waals surface area contributed by atoms with Gasteiger partial charge in [0.05, 0.1) is 18.0 Å². The van der Waals surface area contributed by atoms with Gasteiger partial charge in [0, 0.05) is 17.0 Å². The van der Waals surface area contributed by atoms with Gasteiger partial charge in [-0.1, -0.05) is 18.2 Å². The summed E-state index contributed by atoms with van der Waals surface area (Å²) >= 11 is 0. The number of ether oxygens (including phenoxy) is 1. The summed E-state index contributed by atoms with van der Waals surface area (Å²) in [5.41, 5.74) is 3.32. The Morgan fingerprint density at radius 2 is 1.95 bits per heavy atom. The van der Waals surface area contributed by atoms with Crippen LogP contribution >= 0.6 is 0 Å². The number of carbonyl (C=O) groups excluding carboxylic acids is 1. The van der Waals surface area contributed by atoms with E-state index in [9.17, 15) is 4.79 Å². The van der Waals surface area contributed by atoms with E-state index in [1.165, 1.54) is 0 Å². The third-order valence-corrected chi connectivity index (χ3v) is 3.05. The summed E-state index contributed by atoms with van der Waals surface area (Å²) in [4.78, 5) is 17.4. The molecule has 0 spiro atoms. The van der Waals surface area contributed by atoms with E-state index in [1.54, 1.807) is 0 Å². The van der Waals surface area contributed by atoms with Crippen molar-refractivity contribution in [2.45, 2.75) is 6.92 Å². The van der Waals surface area contributed by atoms with Crippen LogP contribution in [-0.2, 0) is 0 Å². The number of fused-ring (bicyclic) bond motifs is 1. The molecule has 96 valence electrons. The molecule has 4 heteroatoms. The van der Waals surface area contributed by atoms with Crippen LogP contribution in [0.1, 0.15) is 17.4 Å². The zero-order valence-electron chi connectivity index (χ0n) is 10.6. The number of para-hydroxylation sites is 1. The summed E-state index contributed by atoms with van der Waals surface area (Å²) in [6.07, 6.45) is 0.775. The number of hydrogen-bond donors (Lipinski definition) is 2. The molecule has 0 bridgehead atoms. The first kappa shape index (κ1) is 11.6. The molecule has 1 aromatic carbocycles. The predicted octanol–water partition coefficient (Wildman–Crippen LogP) is 3.37. The summed E-state index contributed by atoms with van der Waals surface area (Å²) in [7, 11) is 0. The van der Waals surface area contributed by atoms with E-state index in [1.807, 2.05) is 43.3 Å². The van der Waals surface area contributed by atoms with Crippen LogP contribution in [0.2, 0.25) is 0 Å². The lowest BCUT2D eigenvalue weighted by Crippen LogP contribution is -1.92. The van der Waals surface area contributed by atoms with E-state index in [4.69, 9.17) is 4.74 Å². The summed E-state index contributed by atoms with van der Waals surface area (Å²) in [6, 6.07) is 11.9. The molecule has 0 amide bonds. The third-order valence-electron chi connectivity index (χ3n) is 3.05. The number of benzene rings is 1. The van der Waals surface area contributed by atoms with E-state index >= 15 is 0 Å². The van der Waals surface area contributed by atoms with Gasteiger partial charge in [0.2, 0.25) is 0 Å². The van der Waals surface area contributed by atoms with Crippen LogP contribution in [0.25, 0.3) is 22.3 Å². The molecule has 2 N–H and O–H groups in total. The Bertz CT molecular complexity index is 692. The minimum atomic E-state index is 0.468. The zero-order chi connectivity index (χ0) is 13.2. The molecule has 0 saturated carbocycles. The standard InChI is InChI=1S/C15H14N2O2/c1-2-19-15-8-13(17-14(15)9-18)12-7-10-5-3-4-6-11(10)16-12/h3-9,16-17H,2H2,1H3. The molecule has 0 radical (unpaired) electrons. The van der Waals surface area contributed by atoms with Gasteiger partial charge in [-0.2, -0.15) is 0 Å². The van der Waals surface area contributed by atoms with Gasteiger partial charge in [0.25, 0.3) is 0 Å². The molecule has 2 heterocycles. The highest BCUT2D eigenvalue weighted by Crippen LogP contribution is 2.28. The van der Waals surface area contributed by atoms with Gasteiger partial charge in [-0.05, 0) is 19.1 Å². The van der Waals surface area contributed by atoms with Crippen molar-refractivity contribution in [3.05, 3.63) is 42.1 Å². The van der Waals surface area contributed by atoms with Gasteiger partial charge in [0.1, 0.15) is 11.4 Å². The molecule has 3 rings (SSSR count). The van der Waals surface area contributed by atoms with Crippen LogP contribution in [0.5, 0.6) is 5.75 Å². The monoisotopic (exact) mass is 254 g/mol. The average molecular weight is 254 g/mol. The second-order valence-corrected chi connectivity index (χ2v) is 4.28. The number of aromatic amines is 2. The lowest BCUT2D eigenvalue weighted by molar-refractivity contribution is 0.111. The Morgan fingerprint density at radius 3 is 2.68 bits per heavy atom. The number of aromatic nitrogens is 2. The largest absolute Gasteiger partial charge is 0.491 e. The topological polar surface area (TPSA) is 57.9 Å². The van der Waals surface area contributed by atoms with E-state index in [-0.39, 0.29) is 0 Å². The lowest BCUT2D eigenvalue weighted by atomic mass is 10.2. The van der Waals surface area contributed by atoms with Crippen LogP contribution in [-0.4, -0.2) is 22.9 Å². The van der Waals surface area contributed by atoms with Crippen LogP contribution in [0, 0.1) is 0 Å². The van der Waals surface area contributed by atoms with Crippen LogP contribution in [0.15, 0.2) is 36.4 Å². The predicted molar refractivity (Wildman–Crippen MR) is 74.6 cm³/mol. The molecule has 0 fully saturated rings. The molecule has 0 aliphatic rings. The third kappa shape index (κ3) is 2.01. The fraction of sp³-hybridized carbons (Fsp3) is 0.133. The Kier molecular flexibility index (Phi) is 2.83. The van der Waals surface area contributed by atoms with E-state index < -0.39 is 0 Å². The van der Waals surface area contributed by atoms with Crippen molar-refractivity contribution in [1.29, 1.82) is 0 Å². The number of aldehydes is 1. The first-order chi connectivity index (χ1) is 9.31. The van der Waals surface area contributed by atoms with Crippen LogP contribution in [0.3, 0.4) is 0 Å². The molecule has 0 aliphatic carbocycles. The maximum absolute atomic E-state index is 11.0. The molecular weight excluding hydrogens is 240 g/mol.